The third kappa shape index (κ3) is 4.37. The second-order valence-corrected chi connectivity index (χ2v) is 9.88. The summed E-state index contributed by atoms with van der Waals surface area (Å²) >= 11 is 0. The fourth-order valence-corrected chi connectivity index (χ4v) is 4.92. The Bertz CT molecular complexity index is 1040. The van der Waals surface area contributed by atoms with Crippen molar-refractivity contribution in [3.8, 4) is 5.69 Å². The van der Waals surface area contributed by atoms with Crippen LogP contribution in [-0.4, -0.2) is 60.3 Å². The van der Waals surface area contributed by atoms with E-state index in [0.717, 1.165) is 22.6 Å². The van der Waals surface area contributed by atoms with Gasteiger partial charge in [-0.05, 0) is 45.4 Å². The number of nitrogens with one attached hydrogen (secondary N) is 1. The zero-order chi connectivity index (χ0) is 21.3. The molecule has 1 atom stereocenters. The van der Waals surface area contributed by atoms with E-state index in [2.05, 4.69) is 5.32 Å². The second-order valence-electron chi connectivity index (χ2n) is 7.58. The van der Waals surface area contributed by atoms with Crippen LogP contribution in [0.1, 0.15) is 34.2 Å². The van der Waals surface area contributed by atoms with Gasteiger partial charge in [0, 0.05) is 30.2 Å². The highest BCUT2D eigenvalue weighted by Crippen LogP contribution is 2.23. The van der Waals surface area contributed by atoms with Gasteiger partial charge in [-0.1, -0.05) is 18.2 Å². The second kappa shape index (κ2) is 8.02. The van der Waals surface area contributed by atoms with Gasteiger partial charge in [-0.25, -0.2) is 8.42 Å². The van der Waals surface area contributed by atoms with Gasteiger partial charge in [-0.15, -0.1) is 0 Å². The highest BCUT2D eigenvalue weighted by atomic mass is 32.2. The minimum absolute atomic E-state index is 0.0308. The molecule has 1 N–H and O–H groups in total. The minimum atomic E-state index is -3.06. The molecule has 29 heavy (non-hydrogen) atoms. The molecule has 1 fully saturated rings. The van der Waals surface area contributed by atoms with E-state index >= 15 is 0 Å². The molecule has 2 heterocycles. The van der Waals surface area contributed by atoms with Gasteiger partial charge in [0.05, 0.1) is 17.1 Å². The van der Waals surface area contributed by atoms with Crippen molar-refractivity contribution >= 4 is 21.7 Å². The summed E-state index contributed by atoms with van der Waals surface area (Å²) in [5.41, 5.74) is 4.37. The maximum absolute atomic E-state index is 12.9. The number of amides is 2. The van der Waals surface area contributed by atoms with E-state index in [1.54, 1.807) is 6.92 Å². The van der Waals surface area contributed by atoms with Gasteiger partial charge in [0.15, 0.2) is 9.84 Å². The molecular weight excluding hydrogens is 390 g/mol. The molecule has 0 bridgehead atoms. The lowest BCUT2D eigenvalue weighted by Gasteiger charge is -2.29. The average molecular weight is 418 g/mol. The molecule has 3 rings (SSSR count). The van der Waals surface area contributed by atoms with Gasteiger partial charge in [-0.3, -0.25) is 9.59 Å². The van der Waals surface area contributed by atoms with E-state index in [1.807, 2.05) is 55.7 Å². The SMILES string of the molecule is Cc1ccccc1-n1c(C)cc(C(=O)NC(C)C(=O)N2CCS(=O)(=O)CC2)c1C. The molecular formula is C21H27N3O4S. The molecule has 8 heteroatoms. The quantitative estimate of drug-likeness (QED) is 0.821. The van der Waals surface area contributed by atoms with Crippen LogP contribution in [0.25, 0.3) is 5.69 Å². The van der Waals surface area contributed by atoms with Crippen molar-refractivity contribution < 1.29 is 18.0 Å². The van der Waals surface area contributed by atoms with Crippen LogP contribution < -0.4 is 5.32 Å². The lowest BCUT2D eigenvalue weighted by Crippen LogP contribution is -2.51. The molecule has 1 saturated heterocycles. The standard InChI is InChI=1S/C21H27N3O4S/c1-14-7-5-6-8-19(14)24-15(2)13-18(17(24)4)20(25)22-16(3)21(26)23-9-11-29(27,28)12-10-23/h5-8,13,16H,9-12H2,1-4H3,(H,22,25). The Morgan fingerprint density at radius 2 is 1.69 bits per heavy atom. The molecule has 156 valence electrons. The molecule has 1 aliphatic heterocycles. The number of hydrogen-bond donors (Lipinski definition) is 1. The number of rotatable bonds is 4. The number of sulfone groups is 1. The van der Waals surface area contributed by atoms with Crippen LogP contribution >= 0.6 is 0 Å². The number of carbonyl (C=O) groups is 2. The Hall–Kier alpha value is -2.61. The molecule has 1 aliphatic rings. The van der Waals surface area contributed by atoms with Crippen LogP contribution in [0.4, 0.5) is 0 Å². The largest absolute Gasteiger partial charge is 0.340 e. The van der Waals surface area contributed by atoms with Crippen LogP contribution in [-0.2, 0) is 14.6 Å². The predicted molar refractivity (Wildman–Crippen MR) is 112 cm³/mol. The molecule has 2 amide bonds. The molecule has 1 aromatic carbocycles. The maximum atomic E-state index is 12.9. The van der Waals surface area contributed by atoms with Crippen LogP contribution in [0.5, 0.6) is 0 Å². The number of nitrogens with zero attached hydrogens (tertiary/aromatic N) is 2. The Morgan fingerprint density at radius 1 is 1.07 bits per heavy atom. The Labute approximate surface area is 171 Å². The molecule has 1 unspecified atom stereocenters. The predicted octanol–water partition coefficient (Wildman–Crippen LogP) is 1.78. The Kier molecular flexibility index (Phi) is 5.84. The van der Waals surface area contributed by atoms with Gasteiger partial charge in [0.1, 0.15) is 6.04 Å². The fraction of sp³-hybridized carbons (Fsp3) is 0.429. The summed E-state index contributed by atoms with van der Waals surface area (Å²) < 4.78 is 25.1. The van der Waals surface area contributed by atoms with Gasteiger partial charge in [-0.2, -0.15) is 0 Å². The maximum Gasteiger partial charge on any atom is 0.253 e. The topological polar surface area (TPSA) is 88.5 Å². The smallest absolute Gasteiger partial charge is 0.253 e. The molecule has 0 saturated carbocycles. The van der Waals surface area contributed by atoms with Crippen molar-refractivity contribution in [2.75, 3.05) is 24.6 Å². The molecule has 1 aromatic heterocycles. The van der Waals surface area contributed by atoms with Crippen LogP contribution in [0, 0.1) is 20.8 Å². The monoisotopic (exact) mass is 417 g/mol. The van der Waals surface area contributed by atoms with Gasteiger partial charge < -0.3 is 14.8 Å². The summed E-state index contributed by atoms with van der Waals surface area (Å²) in [6, 6.07) is 9.05. The number of hydrogen-bond acceptors (Lipinski definition) is 4. The van der Waals surface area contributed by atoms with Gasteiger partial charge in [0.2, 0.25) is 5.91 Å². The number of benzene rings is 1. The minimum Gasteiger partial charge on any atom is -0.340 e. The molecule has 0 radical (unpaired) electrons. The first-order valence-electron chi connectivity index (χ1n) is 9.66. The number of carbonyl (C=O) groups excluding carboxylic acids is 2. The summed E-state index contributed by atoms with van der Waals surface area (Å²) in [5.74, 6) is -0.641. The summed E-state index contributed by atoms with van der Waals surface area (Å²) in [5, 5.41) is 2.77. The molecule has 7 nitrogen and oxygen atoms in total. The zero-order valence-corrected chi connectivity index (χ0v) is 18.0. The molecule has 0 spiro atoms. The van der Waals surface area contributed by atoms with Gasteiger partial charge >= 0.3 is 0 Å². The summed E-state index contributed by atoms with van der Waals surface area (Å²) in [7, 11) is -3.06. The van der Waals surface area contributed by atoms with Crippen LogP contribution in [0.3, 0.4) is 0 Å². The average Bonchev–Trinajstić information content (AvgIpc) is 2.96. The molecule has 2 aromatic rings. The highest BCUT2D eigenvalue weighted by Gasteiger charge is 2.29. The summed E-state index contributed by atoms with van der Waals surface area (Å²) in [4.78, 5) is 27.0. The van der Waals surface area contributed by atoms with Crippen molar-refractivity contribution in [2.24, 2.45) is 0 Å². The van der Waals surface area contributed by atoms with E-state index in [9.17, 15) is 18.0 Å². The normalized spacial score (nSPS) is 17.0. The van der Waals surface area contributed by atoms with Crippen molar-refractivity contribution in [2.45, 2.75) is 33.7 Å². The Balaban J connectivity index is 1.75. The first-order chi connectivity index (χ1) is 13.6. The van der Waals surface area contributed by atoms with Crippen LogP contribution in [0.15, 0.2) is 30.3 Å². The lowest BCUT2D eigenvalue weighted by atomic mass is 10.2. The molecule has 0 aliphatic carbocycles. The first-order valence-corrected chi connectivity index (χ1v) is 11.5. The Morgan fingerprint density at radius 3 is 2.31 bits per heavy atom. The van der Waals surface area contributed by atoms with E-state index in [-0.39, 0.29) is 36.4 Å². The van der Waals surface area contributed by atoms with Crippen molar-refractivity contribution in [3.05, 3.63) is 52.8 Å². The number of aromatic nitrogens is 1. The van der Waals surface area contributed by atoms with Crippen LogP contribution in [0.2, 0.25) is 0 Å². The zero-order valence-electron chi connectivity index (χ0n) is 17.2. The summed E-state index contributed by atoms with van der Waals surface area (Å²) in [6.45, 7) is 7.82. The van der Waals surface area contributed by atoms with Crippen molar-refractivity contribution in [3.63, 3.8) is 0 Å². The van der Waals surface area contributed by atoms with E-state index < -0.39 is 15.9 Å². The van der Waals surface area contributed by atoms with E-state index in [4.69, 9.17) is 0 Å². The number of aryl methyl sites for hydroxylation is 2. The van der Waals surface area contributed by atoms with E-state index in [1.165, 1.54) is 4.90 Å². The first kappa shape index (κ1) is 21.1. The van der Waals surface area contributed by atoms with Gasteiger partial charge in [0.25, 0.3) is 5.91 Å². The lowest BCUT2D eigenvalue weighted by molar-refractivity contribution is -0.132. The fourth-order valence-electron chi connectivity index (χ4n) is 3.72. The highest BCUT2D eigenvalue weighted by molar-refractivity contribution is 7.91. The third-order valence-electron chi connectivity index (χ3n) is 5.41. The van der Waals surface area contributed by atoms with Crippen molar-refractivity contribution in [1.82, 2.24) is 14.8 Å². The van der Waals surface area contributed by atoms with Crippen molar-refractivity contribution in [1.29, 1.82) is 0 Å². The van der Waals surface area contributed by atoms with E-state index in [0.29, 0.717) is 5.56 Å². The third-order valence-corrected chi connectivity index (χ3v) is 7.02. The summed E-state index contributed by atoms with van der Waals surface area (Å²) in [6.07, 6.45) is 0. The number of para-hydroxylation sites is 1.